The first kappa shape index (κ1) is 14.6. The number of fused-ring (bicyclic) bond motifs is 1. The molecule has 3 nitrogen and oxygen atoms in total. The summed E-state index contributed by atoms with van der Waals surface area (Å²) in [6, 6.07) is 16.9. The summed E-state index contributed by atoms with van der Waals surface area (Å²) in [5.41, 5.74) is 4.94. The molecule has 0 bridgehead atoms. The normalized spacial score (nSPS) is 11.8. The van der Waals surface area contributed by atoms with Crippen molar-refractivity contribution in [2.45, 2.75) is 39.2 Å². The number of anilines is 1. The topological polar surface area (TPSA) is 40.7 Å². The van der Waals surface area contributed by atoms with Gasteiger partial charge >= 0.3 is 0 Å². The van der Waals surface area contributed by atoms with Gasteiger partial charge in [0, 0.05) is 6.54 Å². The van der Waals surface area contributed by atoms with Gasteiger partial charge in [-0.3, -0.25) is 0 Å². The molecule has 0 amide bonds. The zero-order valence-corrected chi connectivity index (χ0v) is 13.5. The van der Waals surface area contributed by atoms with Gasteiger partial charge in [-0.2, -0.15) is 0 Å². The molecule has 1 aromatic heterocycles. The van der Waals surface area contributed by atoms with Crippen molar-refractivity contribution in [2.24, 2.45) is 0 Å². The minimum Gasteiger partial charge on any atom is -0.352 e. The Morgan fingerprint density at radius 1 is 1.05 bits per heavy atom. The highest BCUT2D eigenvalue weighted by Gasteiger charge is 2.17. The van der Waals surface area contributed by atoms with Crippen LogP contribution in [0.4, 0.5) is 5.95 Å². The number of nitrogens with zero attached hydrogens (tertiary/aromatic N) is 1. The number of imidazole rings is 1. The van der Waals surface area contributed by atoms with E-state index in [0.717, 1.165) is 29.9 Å². The second-order valence-corrected chi connectivity index (χ2v) is 6.39. The third-order valence-electron chi connectivity index (χ3n) is 4.47. The Labute approximate surface area is 131 Å². The number of hydrogen-bond acceptors (Lipinski definition) is 2. The van der Waals surface area contributed by atoms with E-state index in [1.807, 2.05) is 24.3 Å². The van der Waals surface area contributed by atoms with Gasteiger partial charge in [0.15, 0.2) is 0 Å². The first-order chi connectivity index (χ1) is 10.6. The first-order valence-corrected chi connectivity index (χ1v) is 7.86. The highest BCUT2D eigenvalue weighted by atomic mass is 15.1. The zero-order valence-electron chi connectivity index (χ0n) is 13.5. The van der Waals surface area contributed by atoms with Crippen LogP contribution in [0.15, 0.2) is 48.5 Å². The van der Waals surface area contributed by atoms with Crippen LogP contribution >= 0.6 is 0 Å². The predicted molar refractivity (Wildman–Crippen MR) is 93.2 cm³/mol. The van der Waals surface area contributed by atoms with Gasteiger partial charge in [-0.25, -0.2) is 4.98 Å². The number of nitrogens with one attached hydrogen (secondary N) is 2. The second kappa shape index (κ2) is 5.84. The van der Waals surface area contributed by atoms with Crippen molar-refractivity contribution < 1.29 is 0 Å². The van der Waals surface area contributed by atoms with E-state index >= 15 is 0 Å². The van der Waals surface area contributed by atoms with Crippen LogP contribution in [0.5, 0.6) is 0 Å². The van der Waals surface area contributed by atoms with E-state index in [4.69, 9.17) is 0 Å². The zero-order chi connectivity index (χ0) is 15.6. The quantitative estimate of drug-likeness (QED) is 0.705. The number of hydrogen-bond donors (Lipinski definition) is 2. The van der Waals surface area contributed by atoms with Crippen LogP contribution in [-0.2, 0) is 12.0 Å². The van der Waals surface area contributed by atoms with Crippen molar-refractivity contribution >= 4 is 17.0 Å². The van der Waals surface area contributed by atoms with Gasteiger partial charge in [-0.15, -0.1) is 0 Å². The highest BCUT2D eigenvalue weighted by molar-refractivity contribution is 5.77. The summed E-state index contributed by atoms with van der Waals surface area (Å²) in [6.07, 6.45) is 1.14. The van der Waals surface area contributed by atoms with Crippen LogP contribution in [0.1, 0.15) is 38.3 Å². The van der Waals surface area contributed by atoms with Gasteiger partial charge in [-0.05, 0) is 35.1 Å². The van der Waals surface area contributed by atoms with E-state index in [1.54, 1.807) is 0 Å². The Bertz CT molecular complexity index is 721. The molecule has 114 valence electrons. The Balaban J connectivity index is 1.68. The molecule has 0 radical (unpaired) electrons. The fourth-order valence-electron chi connectivity index (χ4n) is 2.50. The third kappa shape index (κ3) is 2.98. The molecule has 1 heterocycles. The number of H-pyrrole nitrogens is 1. The lowest BCUT2D eigenvalue weighted by molar-refractivity contribution is 0.506. The van der Waals surface area contributed by atoms with Crippen molar-refractivity contribution in [3.05, 3.63) is 59.7 Å². The Morgan fingerprint density at radius 3 is 2.45 bits per heavy atom. The average molecular weight is 293 g/mol. The van der Waals surface area contributed by atoms with Crippen LogP contribution in [0.3, 0.4) is 0 Å². The summed E-state index contributed by atoms with van der Waals surface area (Å²) in [5, 5.41) is 3.36. The molecule has 3 aromatic rings. The predicted octanol–water partition coefficient (Wildman–Crippen LogP) is 4.86. The van der Waals surface area contributed by atoms with Gasteiger partial charge in [0.2, 0.25) is 5.95 Å². The van der Waals surface area contributed by atoms with Crippen molar-refractivity contribution in [2.75, 3.05) is 5.32 Å². The molecule has 0 saturated carbocycles. The fourth-order valence-corrected chi connectivity index (χ4v) is 2.50. The van der Waals surface area contributed by atoms with Crippen LogP contribution < -0.4 is 5.32 Å². The maximum absolute atomic E-state index is 4.53. The SMILES string of the molecule is CCC(C)(C)c1ccc(CNc2nc3ccccc3[nH]2)cc1. The molecule has 0 unspecified atom stereocenters. The van der Waals surface area contributed by atoms with Gasteiger partial charge in [0.05, 0.1) is 11.0 Å². The fraction of sp³-hybridized carbons (Fsp3) is 0.316. The number of benzene rings is 2. The summed E-state index contributed by atoms with van der Waals surface area (Å²) in [7, 11) is 0. The lowest BCUT2D eigenvalue weighted by Crippen LogP contribution is -2.15. The summed E-state index contributed by atoms with van der Waals surface area (Å²) in [5.74, 6) is 0.819. The van der Waals surface area contributed by atoms with E-state index in [2.05, 4.69) is 60.3 Å². The lowest BCUT2D eigenvalue weighted by Gasteiger charge is -2.23. The minimum atomic E-state index is 0.241. The van der Waals surface area contributed by atoms with Gasteiger partial charge in [0.1, 0.15) is 0 Å². The minimum absolute atomic E-state index is 0.241. The Kier molecular flexibility index (Phi) is 3.88. The average Bonchev–Trinajstić information content (AvgIpc) is 2.96. The number of para-hydroxylation sites is 2. The van der Waals surface area contributed by atoms with E-state index < -0.39 is 0 Å². The van der Waals surface area contributed by atoms with Crippen molar-refractivity contribution in [3.63, 3.8) is 0 Å². The molecule has 0 aliphatic rings. The molecule has 0 saturated heterocycles. The van der Waals surface area contributed by atoms with Crippen molar-refractivity contribution in [1.29, 1.82) is 0 Å². The Morgan fingerprint density at radius 2 is 1.77 bits per heavy atom. The largest absolute Gasteiger partial charge is 0.352 e. The molecule has 0 aliphatic heterocycles. The van der Waals surface area contributed by atoms with Crippen LogP contribution in [0.25, 0.3) is 11.0 Å². The van der Waals surface area contributed by atoms with Crippen molar-refractivity contribution in [3.8, 4) is 0 Å². The third-order valence-corrected chi connectivity index (χ3v) is 4.47. The van der Waals surface area contributed by atoms with E-state index in [0.29, 0.717) is 0 Å². The summed E-state index contributed by atoms with van der Waals surface area (Å²) in [6.45, 7) is 7.58. The number of aromatic amines is 1. The molecular formula is C19H23N3. The van der Waals surface area contributed by atoms with E-state index in [1.165, 1.54) is 11.1 Å². The maximum atomic E-state index is 4.53. The molecule has 3 heteroatoms. The summed E-state index contributed by atoms with van der Waals surface area (Å²) < 4.78 is 0. The molecule has 0 fully saturated rings. The molecule has 2 N–H and O–H groups in total. The standard InChI is InChI=1S/C19H23N3/c1-4-19(2,3)15-11-9-14(10-12-15)13-20-18-21-16-7-5-6-8-17(16)22-18/h5-12H,4,13H2,1-3H3,(H2,20,21,22). The molecular weight excluding hydrogens is 270 g/mol. The maximum Gasteiger partial charge on any atom is 0.201 e. The second-order valence-electron chi connectivity index (χ2n) is 6.39. The molecule has 0 atom stereocenters. The Hall–Kier alpha value is -2.29. The van der Waals surface area contributed by atoms with E-state index in [-0.39, 0.29) is 5.41 Å². The first-order valence-electron chi connectivity index (χ1n) is 7.86. The molecule has 0 aliphatic carbocycles. The van der Waals surface area contributed by atoms with Crippen LogP contribution in [-0.4, -0.2) is 9.97 Å². The number of aromatic nitrogens is 2. The van der Waals surface area contributed by atoms with Gasteiger partial charge in [-0.1, -0.05) is 57.2 Å². The molecule has 3 rings (SSSR count). The summed E-state index contributed by atoms with van der Waals surface area (Å²) >= 11 is 0. The smallest absolute Gasteiger partial charge is 0.201 e. The molecule has 2 aromatic carbocycles. The summed E-state index contributed by atoms with van der Waals surface area (Å²) in [4.78, 5) is 7.82. The van der Waals surface area contributed by atoms with Crippen LogP contribution in [0.2, 0.25) is 0 Å². The van der Waals surface area contributed by atoms with Crippen molar-refractivity contribution in [1.82, 2.24) is 9.97 Å². The molecule has 22 heavy (non-hydrogen) atoms. The number of rotatable bonds is 5. The molecule has 0 spiro atoms. The highest BCUT2D eigenvalue weighted by Crippen LogP contribution is 2.26. The van der Waals surface area contributed by atoms with E-state index in [9.17, 15) is 0 Å². The lowest BCUT2D eigenvalue weighted by atomic mass is 9.82. The van der Waals surface area contributed by atoms with Crippen LogP contribution in [0, 0.1) is 0 Å². The monoisotopic (exact) mass is 293 g/mol. The van der Waals surface area contributed by atoms with Gasteiger partial charge < -0.3 is 10.3 Å². The van der Waals surface area contributed by atoms with Gasteiger partial charge in [0.25, 0.3) is 0 Å².